The molecule has 3 nitrogen and oxygen atoms in total. The monoisotopic (exact) mass is 323 g/mol. The number of benzene rings is 1. The second-order valence-electron chi connectivity index (χ2n) is 4.47. The number of fused-ring (bicyclic) bond motifs is 1. The third-order valence-electron chi connectivity index (χ3n) is 2.95. The Kier molecular flexibility index (Phi) is 3.54. The number of halogens is 2. The third-order valence-corrected chi connectivity index (χ3v) is 4.38. The number of aryl methyl sites for hydroxylation is 2. The average Bonchev–Trinajstić information content (AvgIpc) is 2.74. The van der Waals surface area contributed by atoms with E-state index in [1.807, 2.05) is 38.1 Å². The van der Waals surface area contributed by atoms with Crippen LogP contribution in [-0.2, 0) is 0 Å². The molecule has 1 N–H and O–H groups in total. The lowest BCUT2D eigenvalue weighted by Crippen LogP contribution is -1.98. The number of anilines is 2. The Morgan fingerprint density at radius 3 is 2.70 bits per heavy atom. The topological polar surface area (TPSA) is 37.8 Å². The molecule has 3 rings (SSSR count). The Labute approximate surface area is 130 Å². The number of para-hydroxylation sites is 1. The zero-order valence-corrected chi connectivity index (χ0v) is 13.2. The van der Waals surface area contributed by atoms with E-state index in [0.29, 0.717) is 10.8 Å². The molecule has 0 bridgehead atoms. The number of rotatable bonds is 2. The largest absolute Gasteiger partial charge is 0.338 e. The highest BCUT2D eigenvalue weighted by atomic mass is 35.5. The summed E-state index contributed by atoms with van der Waals surface area (Å²) in [5.74, 6) is 0.681. The standard InChI is InChI=1S/C14H11Cl2N3S/c1-7-4-3-5-10(15)11(7)17-12-9-6-8(2)20-13(9)19-14(16)18-12/h3-6H,1-2H3,(H,17,18,19). The summed E-state index contributed by atoms with van der Waals surface area (Å²) in [5, 5.41) is 5.11. The Balaban J connectivity index is 2.15. The maximum absolute atomic E-state index is 6.24. The van der Waals surface area contributed by atoms with Crippen LogP contribution in [0.5, 0.6) is 0 Å². The van der Waals surface area contributed by atoms with Crippen molar-refractivity contribution in [2.24, 2.45) is 0 Å². The lowest BCUT2D eigenvalue weighted by molar-refractivity contribution is 1.23. The first kappa shape index (κ1) is 13.6. The Bertz CT molecular complexity index is 778. The summed E-state index contributed by atoms with van der Waals surface area (Å²) in [6.45, 7) is 4.03. The molecule has 2 heterocycles. The first-order valence-electron chi connectivity index (χ1n) is 6.00. The van der Waals surface area contributed by atoms with Gasteiger partial charge in [0.05, 0.1) is 16.1 Å². The van der Waals surface area contributed by atoms with Gasteiger partial charge in [0.2, 0.25) is 5.28 Å². The maximum atomic E-state index is 6.24. The molecular weight excluding hydrogens is 313 g/mol. The van der Waals surface area contributed by atoms with Gasteiger partial charge in [0.15, 0.2) is 0 Å². The van der Waals surface area contributed by atoms with Gasteiger partial charge in [0.1, 0.15) is 10.6 Å². The van der Waals surface area contributed by atoms with Crippen molar-refractivity contribution in [1.82, 2.24) is 9.97 Å². The molecule has 0 saturated heterocycles. The van der Waals surface area contributed by atoms with Crippen molar-refractivity contribution in [1.29, 1.82) is 0 Å². The van der Waals surface area contributed by atoms with E-state index in [9.17, 15) is 0 Å². The first-order valence-corrected chi connectivity index (χ1v) is 7.57. The van der Waals surface area contributed by atoms with Gasteiger partial charge in [-0.3, -0.25) is 0 Å². The van der Waals surface area contributed by atoms with Gasteiger partial charge in [-0.1, -0.05) is 23.7 Å². The molecule has 3 aromatic rings. The minimum absolute atomic E-state index is 0.228. The van der Waals surface area contributed by atoms with E-state index in [1.165, 1.54) is 0 Å². The summed E-state index contributed by atoms with van der Waals surface area (Å²) in [5.41, 5.74) is 1.89. The highest BCUT2D eigenvalue weighted by molar-refractivity contribution is 7.18. The van der Waals surface area contributed by atoms with Crippen molar-refractivity contribution in [2.45, 2.75) is 13.8 Å². The summed E-state index contributed by atoms with van der Waals surface area (Å²) < 4.78 is 0. The molecule has 20 heavy (non-hydrogen) atoms. The molecular formula is C14H11Cl2N3S. The van der Waals surface area contributed by atoms with Crippen molar-refractivity contribution < 1.29 is 0 Å². The summed E-state index contributed by atoms with van der Waals surface area (Å²) in [4.78, 5) is 10.6. The van der Waals surface area contributed by atoms with Crippen LogP contribution in [0.4, 0.5) is 11.5 Å². The van der Waals surface area contributed by atoms with Crippen LogP contribution in [0.2, 0.25) is 10.3 Å². The number of aromatic nitrogens is 2. The van der Waals surface area contributed by atoms with Gasteiger partial charge in [-0.05, 0) is 43.1 Å². The molecule has 0 fully saturated rings. The molecule has 0 radical (unpaired) electrons. The van der Waals surface area contributed by atoms with E-state index in [0.717, 1.165) is 26.3 Å². The van der Waals surface area contributed by atoms with E-state index < -0.39 is 0 Å². The number of hydrogen-bond donors (Lipinski definition) is 1. The molecule has 0 aliphatic rings. The fraction of sp³-hybridized carbons (Fsp3) is 0.143. The summed E-state index contributed by atoms with van der Waals surface area (Å²) in [6, 6.07) is 7.80. The van der Waals surface area contributed by atoms with E-state index >= 15 is 0 Å². The van der Waals surface area contributed by atoms with Crippen LogP contribution in [0.25, 0.3) is 10.2 Å². The quantitative estimate of drug-likeness (QED) is 0.645. The molecule has 0 atom stereocenters. The van der Waals surface area contributed by atoms with Gasteiger partial charge in [0.25, 0.3) is 0 Å². The summed E-state index contributed by atoms with van der Waals surface area (Å²) in [7, 11) is 0. The van der Waals surface area contributed by atoms with Gasteiger partial charge >= 0.3 is 0 Å². The SMILES string of the molecule is Cc1cc2c(Nc3c(C)cccc3Cl)nc(Cl)nc2s1. The lowest BCUT2D eigenvalue weighted by Gasteiger charge is -2.11. The van der Waals surface area contributed by atoms with Crippen LogP contribution in [0, 0.1) is 13.8 Å². The van der Waals surface area contributed by atoms with Gasteiger partial charge in [-0.15, -0.1) is 11.3 Å². The Morgan fingerprint density at radius 1 is 1.15 bits per heavy atom. The molecule has 0 spiro atoms. The fourth-order valence-electron chi connectivity index (χ4n) is 2.02. The van der Waals surface area contributed by atoms with Crippen LogP contribution in [0.15, 0.2) is 24.3 Å². The molecule has 0 unspecified atom stereocenters. The summed E-state index contributed by atoms with van der Waals surface area (Å²) >= 11 is 13.8. The second kappa shape index (κ2) is 5.20. The first-order chi connectivity index (χ1) is 9.54. The number of thiophene rings is 1. The second-order valence-corrected chi connectivity index (χ2v) is 6.45. The molecule has 2 aromatic heterocycles. The van der Waals surface area contributed by atoms with Crippen LogP contribution in [0.1, 0.15) is 10.4 Å². The molecule has 0 saturated carbocycles. The van der Waals surface area contributed by atoms with Crippen molar-refractivity contribution in [3.63, 3.8) is 0 Å². The van der Waals surface area contributed by atoms with Gasteiger partial charge < -0.3 is 5.32 Å². The molecule has 0 aliphatic carbocycles. The van der Waals surface area contributed by atoms with Crippen molar-refractivity contribution in [3.05, 3.63) is 45.0 Å². The minimum Gasteiger partial charge on any atom is -0.338 e. The predicted octanol–water partition coefficient (Wildman–Crippen LogP) is 5.36. The van der Waals surface area contributed by atoms with E-state index in [1.54, 1.807) is 11.3 Å². The highest BCUT2D eigenvalue weighted by Crippen LogP contribution is 2.34. The molecule has 0 amide bonds. The van der Waals surface area contributed by atoms with Gasteiger partial charge in [-0.25, -0.2) is 4.98 Å². The third kappa shape index (κ3) is 2.46. The fourth-order valence-corrected chi connectivity index (χ4v) is 3.39. The number of nitrogens with zero attached hydrogens (tertiary/aromatic N) is 2. The number of hydrogen-bond acceptors (Lipinski definition) is 4. The van der Waals surface area contributed by atoms with E-state index in [4.69, 9.17) is 23.2 Å². The Morgan fingerprint density at radius 2 is 1.95 bits per heavy atom. The van der Waals surface area contributed by atoms with Crippen molar-refractivity contribution in [3.8, 4) is 0 Å². The Hall–Kier alpha value is -1.36. The van der Waals surface area contributed by atoms with Crippen molar-refractivity contribution in [2.75, 3.05) is 5.32 Å². The zero-order valence-electron chi connectivity index (χ0n) is 10.9. The number of nitrogens with one attached hydrogen (secondary N) is 1. The molecule has 102 valence electrons. The molecule has 6 heteroatoms. The van der Waals surface area contributed by atoms with Gasteiger partial charge in [-0.2, -0.15) is 4.98 Å². The minimum atomic E-state index is 0.228. The normalized spacial score (nSPS) is 11.0. The summed E-state index contributed by atoms with van der Waals surface area (Å²) in [6.07, 6.45) is 0. The molecule has 1 aromatic carbocycles. The van der Waals surface area contributed by atoms with E-state index in [-0.39, 0.29) is 5.28 Å². The van der Waals surface area contributed by atoms with E-state index in [2.05, 4.69) is 15.3 Å². The predicted molar refractivity (Wildman–Crippen MR) is 86.6 cm³/mol. The average molecular weight is 324 g/mol. The highest BCUT2D eigenvalue weighted by Gasteiger charge is 2.12. The van der Waals surface area contributed by atoms with Crippen LogP contribution in [-0.4, -0.2) is 9.97 Å². The van der Waals surface area contributed by atoms with Crippen LogP contribution >= 0.6 is 34.5 Å². The van der Waals surface area contributed by atoms with Crippen LogP contribution < -0.4 is 5.32 Å². The van der Waals surface area contributed by atoms with Crippen molar-refractivity contribution >= 4 is 56.3 Å². The van der Waals surface area contributed by atoms with Gasteiger partial charge in [0, 0.05) is 4.88 Å². The smallest absolute Gasteiger partial charge is 0.225 e. The zero-order chi connectivity index (χ0) is 14.3. The maximum Gasteiger partial charge on any atom is 0.225 e. The lowest BCUT2D eigenvalue weighted by atomic mass is 10.2. The molecule has 0 aliphatic heterocycles. The van der Waals surface area contributed by atoms with Crippen LogP contribution in [0.3, 0.4) is 0 Å².